The van der Waals surface area contributed by atoms with Gasteiger partial charge in [-0.15, -0.1) is 0 Å². The van der Waals surface area contributed by atoms with E-state index in [4.69, 9.17) is 0 Å². The maximum Gasteiger partial charge on any atom is 0.158 e. The number of rotatable bonds is 5. The molecule has 1 unspecified atom stereocenters. The minimum Gasteiger partial charge on any atom is -0.381 e. The lowest BCUT2D eigenvalue weighted by atomic mass is 10.1. The molecule has 1 aliphatic carbocycles. The van der Waals surface area contributed by atoms with Crippen LogP contribution in [0.2, 0.25) is 0 Å². The Kier molecular flexibility index (Phi) is 3.17. The van der Waals surface area contributed by atoms with Crippen molar-refractivity contribution in [2.24, 2.45) is 5.92 Å². The molecular weight excluding hydrogens is 236 g/mol. The predicted molar refractivity (Wildman–Crippen MR) is 78.3 cm³/mol. The second kappa shape index (κ2) is 4.83. The van der Waals surface area contributed by atoms with E-state index in [1.807, 2.05) is 17.1 Å². The summed E-state index contributed by atoms with van der Waals surface area (Å²) in [5.41, 5.74) is 2.07. The molecule has 1 aliphatic rings. The Labute approximate surface area is 114 Å². The molecule has 0 amide bonds. The third-order valence-electron chi connectivity index (χ3n) is 3.72. The van der Waals surface area contributed by atoms with Crippen molar-refractivity contribution in [1.29, 1.82) is 0 Å². The average Bonchev–Trinajstić information content (AvgIpc) is 3.06. The van der Waals surface area contributed by atoms with Crippen LogP contribution in [-0.2, 0) is 0 Å². The summed E-state index contributed by atoms with van der Waals surface area (Å²) in [6.45, 7) is 6.50. The number of hydrogen-bond acceptors (Lipinski definition) is 3. The Bertz CT molecular complexity index is 569. The number of fused-ring (bicyclic) bond motifs is 1. The molecule has 3 rings (SSSR count). The Hall–Kier alpha value is -1.58. The number of hydrogen-bond donors (Lipinski definition) is 1. The smallest absolute Gasteiger partial charge is 0.158 e. The molecule has 0 aromatic carbocycles. The number of pyridine rings is 1. The molecule has 102 valence electrons. The molecular formula is C15H22N4. The quantitative estimate of drug-likeness (QED) is 0.890. The van der Waals surface area contributed by atoms with E-state index in [9.17, 15) is 0 Å². The van der Waals surface area contributed by atoms with Crippen LogP contribution in [0.1, 0.15) is 46.1 Å². The van der Waals surface area contributed by atoms with E-state index in [1.165, 1.54) is 19.3 Å². The van der Waals surface area contributed by atoms with Gasteiger partial charge in [-0.05, 0) is 39.2 Å². The largest absolute Gasteiger partial charge is 0.381 e. The maximum atomic E-state index is 4.55. The van der Waals surface area contributed by atoms with Crippen molar-refractivity contribution in [3.05, 3.63) is 18.5 Å². The van der Waals surface area contributed by atoms with E-state index in [1.54, 1.807) is 0 Å². The molecule has 0 radical (unpaired) electrons. The van der Waals surface area contributed by atoms with Crippen LogP contribution in [0.15, 0.2) is 18.5 Å². The zero-order valence-corrected chi connectivity index (χ0v) is 11.9. The van der Waals surface area contributed by atoms with Crippen molar-refractivity contribution < 1.29 is 0 Å². The summed E-state index contributed by atoms with van der Waals surface area (Å²) in [5.74, 6) is 0.947. The predicted octanol–water partition coefficient (Wildman–Crippen LogP) is 3.61. The van der Waals surface area contributed by atoms with Crippen LogP contribution in [0.4, 0.5) is 5.69 Å². The van der Waals surface area contributed by atoms with Gasteiger partial charge in [0.1, 0.15) is 0 Å². The molecule has 4 heteroatoms. The van der Waals surface area contributed by atoms with Crippen LogP contribution in [0.3, 0.4) is 0 Å². The van der Waals surface area contributed by atoms with Gasteiger partial charge in [0.25, 0.3) is 0 Å². The highest BCUT2D eigenvalue weighted by atomic mass is 15.3. The van der Waals surface area contributed by atoms with Crippen LogP contribution in [0.25, 0.3) is 11.0 Å². The lowest BCUT2D eigenvalue weighted by Gasteiger charge is -2.14. The third-order valence-corrected chi connectivity index (χ3v) is 3.72. The normalized spacial score (nSPS) is 17.1. The van der Waals surface area contributed by atoms with E-state index < -0.39 is 0 Å². The monoisotopic (exact) mass is 258 g/mol. The third kappa shape index (κ3) is 2.72. The molecule has 2 heterocycles. The molecule has 0 bridgehead atoms. The van der Waals surface area contributed by atoms with Gasteiger partial charge >= 0.3 is 0 Å². The molecule has 1 N–H and O–H groups in total. The Balaban J connectivity index is 1.77. The first-order valence-electron chi connectivity index (χ1n) is 7.23. The Morgan fingerprint density at radius 1 is 1.32 bits per heavy atom. The number of aromatic nitrogens is 3. The first-order valence-corrected chi connectivity index (χ1v) is 7.23. The minimum atomic E-state index is 0.345. The van der Waals surface area contributed by atoms with Crippen molar-refractivity contribution in [2.75, 3.05) is 5.32 Å². The van der Waals surface area contributed by atoms with Crippen LogP contribution in [0.5, 0.6) is 0 Å². The summed E-state index contributed by atoms with van der Waals surface area (Å²) in [7, 11) is 0. The SMILES string of the molecule is CC(CC1CC1)Nc1cnc2c(cnn2C(C)C)c1. The molecule has 0 aliphatic heterocycles. The van der Waals surface area contributed by atoms with Gasteiger partial charge < -0.3 is 5.32 Å². The maximum absolute atomic E-state index is 4.55. The minimum absolute atomic E-state index is 0.345. The highest BCUT2D eigenvalue weighted by Crippen LogP contribution is 2.34. The number of nitrogens with zero attached hydrogens (tertiary/aromatic N) is 3. The lowest BCUT2D eigenvalue weighted by Crippen LogP contribution is -2.15. The van der Waals surface area contributed by atoms with E-state index in [0.29, 0.717) is 12.1 Å². The zero-order chi connectivity index (χ0) is 13.4. The standard InChI is InChI=1S/C15H22N4/c1-10(2)19-15-13(8-17-19)7-14(9-16-15)18-11(3)6-12-4-5-12/h7-12,18H,4-6H2,1-3H3. The van der Waals surface area contributed by atoms with E-state index in [2.05, 4.69) is 42.2 Å². The van der Waals surface area contributed by atoms with Crippen LogP contribution in [-0.4, -0.2) is 20.8 Å². The van der Waals surface area contributed by atoms with E-state index >= 15 is 0 Å². The van der Waals surface area contributed by atoms with Gasteiger partial charge in [-0.25, -0.2) is 9.67 Å². The highest BCUT2D eigenvalue weighted by Gasteiger charge is 2.23. The fraction of sp³-hybridized carbons (Fsp3) is 0.600. The highest BCUT2D eigenvalue weighted by molar-refractivity contribution is 5.78. The summed E-state index contributed by atoms with van der Waals surface area (Å²) in [5, 5.41) is 9.05. The van der Waals surface area contributed by atoms with Crippen molar-refractivity contribution in [2.45, 2.75) is 52.1 Å². The Morgan fingerprint density at radius 3 is 2.79 bits per heavy atom. The van der Waals surface area contributed by atoms with Gasteiger partial charge in [0, 0.05) is 17.5 Å². The molecule has 1 fully saturated rings. The molecule has 0 spiro atoms. The van der Waals surface area contributed by atoms with Crippen LogP contribution < -0.4 is 5.32 Å². The van der Waals surface area contributed by atoms with Gasteiger partial charge in [0.15, 0.2) is 5.65 Å². The topological polar surface area (TPSA) is 42.7 Å². The number of anilines is 1. The summed E-state index contributed by atoms with van der Waals surface area (Å²) in [6, 6.07) is 3.02. The van der Waals surface area contributed by atoms with Crippen molar-refractivity contribution in [1.82, 2.24) is 14.8 Å². The van der Waals surface area contributed by atoms with Gasteiger partial charge in [-0.3, -0.25) is 0 Å². The molecule has 1 saturated carbocycles. The van der Waals surface area contributed by atoms with Crippen molar-refractivity contribution >= 4 is 16.7 Å². The van der Waals surface area contributed by atoms with Gasteiger partial charge in [0.2, 0.25) is 0 Å². The molecule has 4 nitrogen and oxygen atoms in total. The van der Waals surface area contributed by atoms with Gasteiger partial charge in [-0.1, -0.05) is 12.8 Å². The van der Waals surface area contributed by atoms with Crippen LogP contribution in [0, 0.1) is 5.92 Å². The number of nitrogens with one attached hydrogen (secondary N) is 1. The van der Waals surface area contributed by atoms with Crippen LogP contribution >= 0.6 is 0 Å². The molecule has 2 aromatic heterocycles. The first-order chi connectivity index (χ1) is 9.13. The fourth-order valence-corrected chi connectivity index (χ4v) is 2.59. The van der Waals surface area contributed by atoms with Crippen molar-refractivity contribution in [3.63, 3.8) is 0 Å². The molecule has 19 heavy (non-hydrogen) atoms. The van der Waals surface area contributed by atoms with E-state index in [-0.39, 0.29) is 0 Å². The summed E-state index contributed by atoms with van der Waals surface area (Å²) >= 11 is 0. The van der Waals surface area contributed by atoms with Crippen molar-refractivity contribution in [3.8, 4) is 0 Å². The first kappa shape index (κ1) is 12.5. The zero-order valence-electron chi connectivity index (χ0n) is 11.9. The summed E-state index contributed by atoms with van der Waals surface area (Å²) in [6.07, 6.45) is 7.91. The lowest BCUT2D eigenvalue weighted by molar-refractivity contribution is 0.546. The second-order valence-electron chi connectivity index (χ2n) is 6.04. The molecule has 1 atom stereocenters. The summed E-state index contributed by atoms with van der Waals surface area (Å²) in [4.78, 5) is 4.55. The fourth-order valence-electron chi connectivity index (χ4n) is 2.59. The van der Waals surface area contributed by atoms with Gasteiger partial charge in [0.05, 0.1) is 18.1 Å². The van der Waals surface area contributed by atoms with E-state index in [0.717, 1.165) is 22.6 Å². The molecule has 0 saturated heterocycles. The molecule has 2 aromatic rings. The summed E-state index contributed by atoms with van der Waals surface area (Å²) < 4.78 is 1.97. The average molecular weight is 258 g/mol. The second-order valence-corrected chi connectivity index (χ2v) is 6.04. The Morgan fingerprint density at radius 2 is 2.11 bits per heavy atom. The van der Waals surface area contributed by atoms with Gasteiger partial charge in [-0.2, -0.15) is 5.10 Å².